The molecule has 0 heterocycles. The number of hydrogen-bond donors (Lipinski definition) is 2. The summed E-state index contributed by atoms with van der Waals surface area (Å²) in [6.45, 7) is 6.99. The topological polar surface area (TPSA) is 38.0 Å². The summed E-state index contributed by atoms with van der Waals surface area (Å²) in [5.41, 5.74) is 3.58. The van der Waals surface area contributed by atoms with Crippen molar-refractivity contribution in [2.75, 3.05) is 0 Å². The highest BCUT2D eigenvalue weighted by atomic mass is 15.2. The Balaban J connectivity index is 1.93. The second kappa shape index (κ2) is 8.16. The van der Waals surface area contributed by atoms with Gasteiger partial charge in [-0.25, -0.2) is 0 Å². The fourth-order valence-corrected chi connectivity index (χ4v) is 3.09. The van der Waals surface area contributed by atoms with Crippen molar-refractivity contribution in [1.29, 1.82) is 0 Å². The van der Waals surface area contributed by atoms with Gasteiger partial charge in [-0.15, -0.1) is 0 Å². The first-order valence-corrected chi connectivity index (χ1v) is 8.08. The lowest BCUT2D eigenvalue weighted by Crippen LogP contribution is -2.37. The molecule has 2 heteroatoms. The first-order valence-electron chi connectivity index (χ1n) is 8.08. The monoisotopic (exact) mass is 254 g/mol. The molecule has 2 nitrogen and oxygen atoms in total. The second-order valence-corrected chi connectivity index (χ2v) is 6.84. The Morgan fingerprint density at radius 2 is 1.56 bits per heavy atom. The zero-order chi connectivity index (χ0) is 13.4. The van der Waals surface area contributed by atoms with E-state index in [1.807, 2.05) is 0 Å². The molecule has 1 aliphatic carbocycles. The van der Waals surface area contributed by atoms with Gasteiger partial charge in [0.25, 0.3) is 0 Å². The van der Waals surface area contributed by atoms with E-state index in [1.54, 1.807) is 0 Å². The maximum atomic E-state index is 5.68. The lowest BCUT2D eigenvalue weighted by Gasteiger charge is -2.17. The van der Waals surface area contributed by atoms with E-state index in [-0.39, 0.29) is 0 Å². The van der Waals surface area contributed by atoms with Gasteiger partial charge in [-0.1, -0.05) is 72.1 Å². The molecular formula is C16H34N2. The Labute approximate surface area is 114 Å². The zero-order valence-corrected chi connectivity index (χ0v) is 12.8. The highest BCUT2D eigenvalue weighted by molar-refractivity contribution is 5.01. The molecule has 2 unspecified atom stereocenters. The third-order valence-corrected chi connectivity index (χ3v) is 4.66. The van der Waals surface area contributed by atoms with Gasteiger partial charge < -0.3 is 0 Å². The van der Waals surface area contributed by atoms with Gasteiger partial charge in [0, 0.05) is 6.04 Å². The maximum Gasteiger partial charge on any atom is 0.0244 e. The first kappa shape index (κ1) is 16.0. The van der Waals surface area contributed by atoms with Crippen LogP contribution >= 0.6 is 0 Å². The van der Waals surface area contributed by atoms with Crippen LogP contribution in [0.3, 0.4) is 0 Å². The highest BCUT2D eigenvalue weighted by Crippen LogP contribution is 2.54. The van der Waals surface area contributed by atoms with E-state index in [0.717, 1.165) is 5.92 Å². The fraction of sp³-hybridized carbons (Fsp3) is 1.00. The summed E-state index contributed by atoms with van der Waals surface area (Å²) in [6.07, 6.45) is 13.8. The Bertz CT molecular complexity index is 213. The van der Waals surface area contributed by atoms with Crippen LogP contribution in [-0.4, -0.2) is 6.04 Å². The van der Waals surface area contributed by atoms with Crippen molar-refractivity contribution < 1.29 is 0 Å². The second-order valence-electron chi connectivity index (χ2n) is 6.84. The number of hydrazine groups is 1. The molecule has 1 aliphatic rings. The molecule has 3 N–H and O–H groups in total. The normalized spacial score (nSPS) is 23.0. The van der Waals surface area contributed by atoms with Crippen LogP contribution in [0.4, 0.5) is 0 Å². The van der Waals surface area contributed by atoms with Crippen molar-refractivity contribution in [3.8, 4) is 0 Å². The summed E-state index contributed by atoms with van der Waals surface area (Å²) < 4.78 is 0. The van der Waals surface area contributed by atoms with E-state index in [9.17, 15) is 0 Å². The van der Waals surface area contributed by atoms with Crippen molar-refractivity contribution in [2.45, 2.75) is 91.0 Å². The summed E-state index contributed by atoms with van der Waals surface area (Å²) in [5, 5.41) is 0. The molecule has 0 aromatic heterocycles. The Kier molecular flexibility index (Phi) is 7.25. The minimum absolute atomic E-state index is 0.539. The van der Waals surface area contributed by atoms with Gasteiger partial charge in [0.15, 0.2) is 0 Å². The van der Waals surface area contributed by atoms with E-state index in [0.29, 0.717) is 11.5 Å². The number of nitrogens with two attached hydrogens (primary N) is 1. The van der Waals surface area contributed by atoms with Gasteiger partial charge in [-0.2, -0.15) is 0 Å². The van der Waals surface area contributed by atoms with Crippen LogP contribution < -0.4 is 11.3 Å². The SMILES string of the molecule is CCCCCCCCCCC(NN)C1CC1(C)C. The molecule has 0 aliphatic heterocycles. The third-order valence-electron chi connectivity index (χ3n) is 4.66. The third kappa shape index (κ3) is 5.71. The molecule has 1 fully saturated rings. The minimum Gasteiger partial charge on any atom is -0.271 e. The molecule has 108 valence electrons. The van der Waals surface area contributed by atoms with Crippen LogP contribution in [0.5, 0.6) is 0 Å². The number of nitrogens with one attached hydrogen (secondary N) is 1. The molecular weight excluding hydrogens is 220 g/mol. The number of unbranched alkanes of at least 4 members (excludes halogenated alkanes) is 7. The fourth-order valence-electron chi connectivity index (χ4n) is 3.09. The molecule has 0 saturated heterocycles. The van der Waals surface area contributed by atoms with Crippen LogP contribution in [0.1, 0.15) is 85.0 Å². The van der Waals surface area contributed by atoms with Crippen molar-refractivity contribution in [3.05, 3.63) is 0 Å². The largest absolute Gasteiger partial charge is 0.271 e. The maximum absolute atomic E-state index is 5.68. The average Bonchev–Trinajstić information content (AvgIpc) is 2.96. The Morgan fingerprint density at radius 1 is 1.06 bits per heavy atom. The standard InChI is InChI=1S/C16H34N2/c1-4-5-6-7-8-9-10-11-12-15(18-17)14-13-16(14,2)3/h14-15,18H,4-13,17H2,1-3H3. The minimum atomic E-state index is 0.539. The van der Waals surface area contributed by atoms with Crippen LogP contribution in [0.2, 0.25) is 0 Å². The molecule has 0 radical (unpaired) electrons. The predicted molar refractivity (Wildman–Crippen MR) is 80.2 cm³/mol. The van der Waals surface area contributed by atoms with Gasteiger partial charge >= 0.3 is 0 Å². The summed E-state index contributed by atoms with van der Waals surface area (Å²) in [4.78, 5) is 0. The van der Waals surface area contributed by atoms with Crippen molar-refractivity contribution in [3.63, 3.8) is 0 Å². The average molecular weight is 254 g/mol. The Hall–Kier alpha value is -0.0800. The molecule has 0 aromatic rings. The summed E-state index contributed by atoms with van der Waals surface area (Å²) in [6, 6.07) is 0.556. The lowest BCUT2D eigenvalue weighted by atomic mass is 9.98. The summed E-state index contributed by atoms with van der Waals surface area (Å²) in [7, 11) is 0. The molecule has 0 amide bonds. The zero-order valence-electron chi connectivity index (χ0n) is 12.8. The van der Waals surface area contributed by atoms with Gasteiger partial charge in [0.05, 0.1) is 0 Å². The molecule has 0 aromatic carbocycles. The molecule has 0 bridgehead atoms. The lowest BCUT2D eigenvalue weighted by molar-refractivity contribution is 0.376. The molecule has 18 heavy (non-hydrogen) atoms. The van der Waals surface area contributed by atoms with E-state index in [1.165, 1.54) is 64.2 Å². The van der Waals surface area contributed by atoms with E-state index < -0.39 is 0 Å². The van der Waals surface area contributed by atoms with Gasteiger partial charge in [-0.05, 0) is 24.2 Å². The summed E-state index contributed by atoms with van der Waals surface area (Å²) >= 11 is 0. The number of rotatable bonds is 11. The van der Waals surface area contributed by atoms with Crippen molar-refractivity contribution in [1.82, 2.24) is 5.43 Å². The smallest absolute Gasteiger partial charge is 0.0244 e. The first-order chi connectivity index (χ1) is 8.61. The summed E-state index contributed by atoms with van der Waals surface area (Å²) in [5.74, 6) is 6.49. The highest BCUT2D eigenvalue weighted by Gasteiger charge is 2.49. The molecule has 2 atom stereocenters. The van der Waals surface area contributed by atoms with Crippen LogP contribution in [0.15, 0.2) is 0 Å². The van der Waals surface area contributed by atoms with Crippen LogP contribution in [0.25, 0.3) is 0 Å². The van der Waals surface area contributed by atoms with Gasteiger partial charge in [0.1, 0.15) is 0 Å². The molecule has 0 spiro atoms. The van der Waals surface area contributed by atoms with E-state index in [2.05, 4.69) is 26.2 Å². The van der Waals surface area contributed by atoms with Crippen LogP contribution in [-0.2, 0) is 0 Å². The van der Waals surface area contributed by atoms with Gasteiger partial charge in [0.2, 0.25) is 0 Å². The molecule has 1 rings (SSSR count). The van der Waals surface area contributed by atoms with E-state index >= 15 is 0 Å². The van der Waals surface area contributed by atoms with Crippen molar-refractivity contribution in [2.24, 2.45) is 17.2 Å². The van der Waals surface area contributed by atoms with Crippen molar-refractivity contribution >= 4 is 0 Å². The molecule has 1 saturated carbocycles. The quantitative estimate of drug-likeness (QED) is 0.326. The van der Waals surface area contributed by atoms with E-state index in [4.69, 9.17) is 5.84 Å². The van der Waals surface area contributed by atoms with Gasteiger partial charge in [-0.3, -0.25) is 11.3 Å². The Morgan fingerprint density at radius 3 is 2.00 bits per heavy atom. The predicted octanol–water partition coefficient (Wildman–Crippen LogP) is 4.40. The van der Waals surface area contributed by atoms with Crippen LogP contribution in [0, 0.1) is 11.3 Å². The number of hydrogen-bond acceptors (Lipinski definition) is 2.